The SMILES string of the molecule is CC(C)c1oc(C(C)CC(=O)O)cc1Cl. The summed E-state index contributed by atoms with van der Waals surface area (Å²) in [7, 11) is 0. The molecule has 0 aliphatic heterocycles. The quantitative estimate of drug-likeness (QED) is 0.859. The fraction of sp³-hybridized carbons (Fsp3) is 0.545. The third-order valence-electron chi connectivity index (χ3n) is 2.22. The lowest BCUT2D eigenvalue weighted by Gasteiger charge is -2.05. The van der Waals surface area contributed by atoms with Crippen LogP contribution < -0.4 is 0 Å². The Bertz CT molecular complexity index is 355. The number of aliphatic carboxylic acids is 1. The summed E-state index contributed by atoms with van der Waals surface area (Å²) < 4.78 is 5.54. The summed E-state index contributed by atoms with van der Waals surface area (Å²) in [5, 5.41) is 9.24. The molecule has 84 valence electrons. The monoisotopic (exact) mass is 230 g/mol. The summed E-state index contributed by atoms with van der Waals surface area (Å²) in [6.45, 7) is 5.78. The number of carboxylic acid groups (broad SMARTS) is 1. The summed E-state index contributed by atoms with van der Waals surface area (Å²) in [6.07, 6.45) is 0.0569. The van der Waals surface area contributed by atoms with Gasteiger partial charge in [0, 0.05) is 11.8 Å². The number of furan rings is 1. The second-order valence-corrected chi connectivity index (χ2v) is 4.42. The lowest BCUT2D eigenvalue weighted by molar-refractivity contribution is -0.137. The highest BCUT2D eigenvalue weighted by atomic mass is 35.5. The Balaban J connectivity index is 2.87. The topological polar surface area (TPSA) is 50.4 Å². The summed E-state index contributed by atoms with van der Waals surface area (Å²) in [4.78, 5) is 10.5. The van der Waals surface area contributed by atoms with Crippen LogP contribution in [0.3, 0.4) is 0 Å². The third kappa shape index (κ3) is 2.99. The first-order valence-electron chi connectivity index (χ1n) is 4.92. The number of hydrogen-bond donors (Lipinski definition) is 1. The van der Waals surface area contributed by atoms with Gasteiger partial charge in [-0.25, -0.2) is 0 Å². The second-order valence-electron chi connectivity index (χ2n) is 4.01. The van der Waals surface area contributed by atoms with Gasteiger partial charge in [0.05, 0.1) is 11.4 Å². The number of hydrogen-bond acceptors (Lipinski definition) is 2. The minimum absolute atomic E-state index is 0.0569. The Kier molecular flexibility index (Phi) is 3.80. The molecule has 0 saturated carbocycles. The Morgan fingerprint density at radius 3 is 2.53 bits per heavy atom. The maximum absolute atomic E-state index is 10.5. The zero-order valence-corrected chi connectivity index (χ0v) is 9.84. The normalized spacial score (nSPS) is 13.1. The molecule has 3 nitrogen and oxygen atoms in total. The van der Waals surface area contributed by atoms with E-state index >= 15 is 0 Å². The molecule has 4 heteroatoms. The van der Waals surface area contributed by atoms with Crippen molar-refractivity contribution < 1.29 is 14.3 Å². The van der Waals surface area contributed by atoms with Crippen LogP contribution in [0.1, 0.15) is 50.5 Å². The summed E-state index contributed by atoms with van der Waals surface area (Å²) in [5.74, 6) is 0.604. The first-order chi connectivity index (χ1) is 6.91. The van der Waals surface area contributed by atoms with Crippen LogP contribution >= 0.6 is 11.6 Å². The molecule has 0 aliphatic rings. The highest BCUT2D eigenvalue weighted by Gasteiger charge is 2.18. The first kappa shape index (κ1) is 12.1. The van der Waals surface area contributed by atoms with Crippen molar-refractivity contribution in [1.82, 2.24) is 0 Å². The van der Waals surface area contributed by atoms with Crippen molar-refractivity contribution in [2.75, 3.05) is 0 Å². The molecule has 0 aromatic carbocycles. The van der Waals surface area contributed by atoms with Crippen LogP contribution in [0.25, 0.3) is 0 Å². The van der Waals surface area contributed by atoms with E-state index in [2.05, 4.69) is 0 Å². The van der Waals surface area contributed by atoms with E-state index < -0.39 is 5.97 Å². The van der Waals surface area contributed by atoms with Crippen LogP contribution in [0.4, 0.5) is 0 Å². The van der Waals surface area contributed by atoms with Gasteiger partial charge in [-0.2, -0.15) is 0 Å². The van der Waals surface area contributed by atoms with Crippen LogP contribution in [-0.2, 0) is 4.79 Å². The first-order valence-corrected chi connectivity index (χ1v) is 5.30. The van der Waals surface area contributed by atoms with Gasteiger partial charge in [-0.3, -0.25) is 4.79 Å². The van der Waals surface area contributed by atoms with Crippen molar-refractivity contribution in [3.8, 4) is 0 Å². The molecule has 1 aromatic heterocycles. The maximum Gasteiger partial charge on any atom is 0.304 e. The molecule has 0 saturated heterocycles. The average molecular weight is 231 g/mol. The molecule has 1 aromatic rings. The predicted molar refractivity (Wildman–Crippen MR) is 58.5 cm³/mol. The maximum atomic E-state index is 10.5. The minimum Gasteiger partial charge on any atom is -0.481 e. The van der Waals surface area contributed by atoms with Crippen molar-refractivity contribution in [1.29, 1.82) is 0 Å². The molecule has 1 atom stereocenters. The van der Waals surface area contributed by atoms with Crippen LogP contribution in [-0.4, -0.2) is 11.1 Å². The molecule has 0 aliphatic carbocycles. The van der Waals surface area contributed by atoms with Gasteiger partial charge in [-0.1, -0.05) is 32.4 Å². The largest absolute Gasteiger partial charge is 0.481 e. The number of halogens is 1. The van der Waals surface area contributed by atoms with E-state index in [0.717, 1.165) is 5.76 Å². The molecule has 15 heavy (non-hydrogen) atoms. The average Bonchev–Trinajstić information content (AvgIpc) is 2.46. The molecular weight excluding hydrogens is 216 g/mol. The van der Waals surface area contributed by atoms with Crippen molar-refractivity contribution in [2.45, 2.75) is 39.0 Å². The molecule has 1 unspecified atom stereocenters. The lowest BCUT2D eigenvalue weighted by atomic mass is 10.1. The van der Waals surface area contributed by atoms with Gasteiger partial charge < -0.3 is 9.52 Å². The Hall–Kier alpha value is -0.960. The Morgan fingerprint density at radius 1 is 1.53 bits per heavy atom. The lowest BCUT2D eigenvalue weighted by Crippen LogP contribution is -2.01. The van der Waals surface area contributed by atoms with Crippen molar-refractivity contribution >= 4 is 17.6 Å². The Morgan fingerprint density at radius 2 is 2.13 bits per heavy atom. The van der Waals surface area contributed by atoms with Gasteiger partial charge in [0.25, 0.3) is 0 Å². The zero-order valence-electron chi connectivity index (χ0n) is 9.08. The van der Waals surface area contributed by atoms with Crippen LogP contribution in [0.15, 0.2) is 10.5 Å². The zero-order chi connectivity index (χ0) is 11.6. The molecule has 0 amide bonds. The summed E-state index contributed by atoms with van der Waals surface area (Å²) in [6, 6.07) is 1.71. The van der Waals surface area contributed by atoms with E-state index in [1.807, 2.05) is 20.8 Å². The van der Waals surface area contributed by atoms with E-state index in [0.29, 0.717) is 10.8 Å². The smallest absolute Gasteiger partial charge is 0.304 e. The standard InChI is InChI=1S/C11H15ClO3/c1-6(2)11-8(12)5-9(15-11)7(3)4-10(13)14/h5-7H,4H2,1-3H3,(H,13,14). The second kappa shape index (κ2) is 4.71. The van der Waals surface area contributed by atoms with E-state index in [4.69, 9.17) is 21.1 Å². The van der Waals surface area contributed by atoms with Crippen LogP contribution in [0.5, 0.6) is 0 Å². The molecular formula is C11H15ClO3. The van der Waals surface area contributed by atoms with Gasteiger partial charge in [0.1, 0.15) is 11.5 Å². The third-order valence-corrected chi connectivity index (χ3v) is 2.52. The highest BCUT2D eigenvalue weighted by Crippen LogP contribution is 2.32. The van der Waals surface area contributed by atoms with Crippen molar-refractivity contribution in [3.05, 3.63) is 22.6 Å². The van der Waals surface area contributed by atoms with Crippen LogP contribution in [0, 0.1) is 0 Å². The van der Waals surface area contributed by atoms with Gasteiger partial charge in [0.15, 0.2) is 0 Å². The van der Waals surface area contributed by atoms with E-state index in [1.54, 1.807) is 6.07 Å². The predicted octanol–water partition coefficient (Wildman–Crippen LogP) is 3.63. The molecule has 0 radical (unpaired) electrons. The molecule has 1 rings (SSSR count). The number of carboxylic acids is 1. The van der Waals surface area contributed by atoms with Gasteiger partial charge in [-0.15, -0.1) is 0 Å². The van der Waals surface area contributed by atoms with E-state index in [1.165, 1.54) is 0 Å². The van der Waals surface area contributed by atoms with Crippen molar-refractivity contribution in [2.24, 2.45) is 0 Å². The van der Waals surface area contributed by atoms with Crippen molar-refractivity contribution in [3.63, 3.8) is 0 Å². The molecule has 0 spiro atoms. The minimum atomic E-state index is -0.832. The number of carbonyl (C=O) groups is 1. The molecule has 0 fully saturated rings. The van der Waals surface area contributed by atoms with Crippen LogP contribution in [0.2, 0.25) is 5.02 Å². The fourth-order valence-corrected chi connectivity index (χ4v) is 1.76. The number of rotatable bonds is 4. The summed E-state index contributed by atoms with van der Waals surface area (Å²) in [5.41, 5.74) is 0. The van der Waals surface area contributed by atoms with Gasteiger partial charge >= 0.3 is 5.97 Å². The molecule has 1 N–H and O–H groups in total. The van der Waals surface area contributed by atoms with E-state index in [-0.39, 0.29) is 18.3 Å². The summed E-state index contributed by atoms with van der Waals surface area (Å²) >= 11 is 5.98. The molecule has 0 bridgehead atoms. The molecule has 1 heterocycles. The van der Waals surface area contributed by atoms with Gasteiger partial charge in [0.2, 0.25) is 0 Å². The van der Waals surface area contributed by atoms with E-state index in [9.17, 15) is 4.79 Å². The fourth-order valence-electron chi connectivity index (χ4n) is 1.40. The Labute approximate surface area is 94.0 Å². The highest BCUT2D eigenvalue weighted by molar-refractivity contribution is 6.31. The van der Waals surface area contributed by atoms with Gasteiger partial charge in [-0.05, 0) is 6.07 Å².